The molecule has 1 amide bonds. The first kappa shape index (κ1) is 19.3. The number of aliphatic hydroxyl groups is 1. The Bertz CT molecular complexity index is 1270. The van der Waals surface area contributed by atoms with Crippen LogP contribution in [0.15, 0.2) is 88.8 Å². The summed E-state index contributed by atoms with van der Waals surface area (Å²) < 4.78 is 0. The minimum atomic E-state index is -1.01. The third-order valence-electron chi connectivity index (χ3n) is 6.11. The molecule has 158 valence electrons. The maximum Gasteiger partial charge on any atom is 0.257 e. The largest absolute Gasteiger partial charge is 0.369 e. The van der Waals surface area contributed by atoms with Gasteiger partial charge in [-0.25, -0.2) is 0 Å². The summed E-state index contributed by atoms with van der Waals surface area (Å²) in [5, 5.41) is 12.4. The number of amidine groups is 1. The lowest BCUT2D eigenvalue weighted by atomic mass is 9.96. The van der Waals surface area contributed by atoms with E-state index >= 15 is 0 Å². The molecular weight excluding hydrogens is 418 g/mol. The summed E-state index contributed by atoms with van der Waals surface area (Å²) in [7, 11) is 0. The Balaban J connectivity index is 1.37. The summed E-state index contributed by atoms with van der Waals surface area (Å²) in [5.74, 6) is -0.152. The highest BCUT2D eigenvalue weighted by atomic mass is 32.2. The van der Waals surface area contributed by atoms with E-state index in [0.717, 1.165) is 40.6 Å². The molecule has 0 aliphatic carbocycles. The van der Waals surface area contributed by atoms with Gasteiger partial charge in [0, 0.05) is 23.6 Å². The van der Waals surface area contributed by atoms with Gasteiger partial charge in [-0.3, -0.25) is 9.79 Å². The molecule has 3 aliphatic rings. The van der Waals surface area contributed by atoms with Gasteiger partial charge in [0.1, 0.15) is 0 Å². The lowest BCUT2D eigenvalue weighted by Gasteiger charge is -2.23. The van der Waals surface area contributed by atoms with E-state index in [2.05, 4.69) is 22.0 Å². The van der Waals surface area contributed by atoms with Crippen molar-refractivity contribution < 1.29 is 9.90 Å². The van der Waals surface area contributed by atoms with E-state index in [4.69, 9.17) is 0 Å². The highest BCUT2D eigenvalue weighted by Crippen LogP contribution is 2.43. The third-order valence-corrected chi connectivity index (χ3v) is 7.21. The molecule has 0 aromatic heterocycles. The number of hydrogen-bond acceptors (Lipinski definition) is 5. The average molecular weight is 440 g/mol. The number of amides is 1. The SMILES string of the molecule is O=C1C(c2ccccc2)=C(c2ccccc2)C(O)N1Cc1ccc2c(c1)N1CCN=C1S2. The van der Waals surface area contributed by atoms with Crippen LogP contribution < -0.4 is 4.90 Å². The first-order valence-electron chi connectivity index (χ1n) is 10.7. The van der Waals surface area contributed by atoms with Gasteiger partial charge in [0.05, 0.1) is 17.8 Å². The fourth-order valence-electron chi connectivity index (χ4n) is 4.60. The van der Waals surface area contributed by atoms with E-state index in [9.17, 15) is 9.90 Å². The Labute approximate surface area is 190 Å². The first-order chi connectivity index (χ1) is 15.7. The summed E-state index contributed by atoms with van der Waals surface area (Å²) in [4.78, 5) is 23.1. The van der Waals surface area contributed by atoms with E-state index in [1.54, 1.807) is 16.7 Å². The van der Waals surface area contributed by atoms with Crippen LogP contribution in [0.4, 0.5) is 5.69 Å². The van der Waals surface area contributed by atoms with Crippen molar-refractivity contribution in [1.29, 1.82) is 0 Å². The van der Waals surface area contributed by atoms with Gasteiger partial charge in [0.25, 0.3) is 5.91 Å². The van der Waals surface area contributed by atoms with Crippen LogP contribution in [0.1, 0.15) is 16.7 Å². The molecule has 6 heteroatoms. The predicted molar refractivity (Wildman–Crippen MR) is 128 cm³/mol. The summed E-state index contributed by atoms with van der Waals surface area (Å²) >= 11 is 1.69. The number of carbonyl (C=O) groups excluding carboxylic acids is 1. The first-order valence-corrected chi connectivity index (χ1v) is 11.5. The Morgan fingerprint density at radius 1 is 0.969 bits per heavy atom. The predicted octanol–water partition coefficient (Wildman–Crippen LogP) is 4.24. The molecule has 3 aliphatic heterocycles. The fraction of sp³-hybridized carbons (Fsp3) is 0.154. The van der Waals surface area contributed by atoms with Gasteiger partial charge < -0.3 is 14.9 Å². The molecule has 3 heterocycles. The van der Waals surface area contributed by atoms with Crippen molar-refractivity contribution in [1.82, 2.24) is 4.90 Å². The molecule has 0 spiro atoms. The molecule has 3 aromatic carbocycles. The van der Waals surface area contributed by atoms with Crippen LogP contribution >= 0.6 is 11.8 Å². The van der Waals surface area contributed by atoms with Crippen molar-refractivity contribution in [2.45, 2.75) is 17.7 Å². The lowest BCUT2D eigenvalue weighted by Crippen LogP contribution is -2.34. The standard InChI is InChI=1S/C26H21N3O2S/c30-24-22(18-7-3-1-4-8-18)23(19-9-5-2-6-10-19)25(31)29(24)16-17-11-12-21-20(15-17)28-14-13-27-26(28)32-21/h1-12,15,24,30H,13-14,16H2. The molecular formula is C26H21N3O2S. The molecule has 0 saturated carbocycles. The Kier molecular flexibility index (Phi) is 4.63. The van der Waals surface area contributed by atoms with Gasteiger partial charge in [-0.15, -0.1) is 0 Å². The maximum absolute atomic E-state index is 13.6. The molecule has 5 nitrogen and oxygen atoms in total. The number of hydrogen-bond donors (Lipinski definition) is 1. The Hall–Kier alpha value is -3.35. The van der Waals surface area contributed by atoms with Crippen molar-refractivity contribution in [2.24, 2.45) is 4.99 Å². The van der Waals surface area contributed by atoms with Crippen LogP contribution in [0.3, 0.4) is 0 Å². The Morgan fingerprint density at radius 3 is 2.44 bits per heavy atom. The van der Waals surface area contributed by atoms with Crippen LogP contribution in [0, 0.1) is 0 Å². The Morgan fingerprint density at radius 2 is 1.69 bits per heavy atom. The van der Waals surface area contributed by atoms with E-state index in [1.807, 2.05) is 66.7 Å². The van der Waals surface area contributed by atoms with Gasteiger partial charge in [-0.2, -0.15) is 0 Å². The van der Waals surface area contributed by atoms with Gasteiger partial charge in [-0.05, 0) is 40.6 Å². The smallest absolute Gasteiger partial charge is 0.257 e. The number of rotatable bonds is 4. The molecule has 0 saturated heterocycles. The van der Waals surface area contributed by atoms with E-state index in [1.165, 1.54) is 4.90 Å². The lowest BCUT2D eigenvalue weighted by molar-refractivity contribution is -0.130. The molecule has 3 aromatic rings. The van der Waals surface area contributed by atoms with Crippen molar-refractivity contribution >= 4 is 39.7 Å². The topological polar surface area (TPSA) is 56.1 Å². The molecule has 0 radical (unpaired) electrons. The molecule has 1 N–H and O–H groups in total. The van der Waals surface area contributed by atoms with Crippen molar-refractivity contribution in [3.63, 3.8) is 0 Å². The van der Waals surface area contributed by atoms with E-state index < -0.39 is 6.23 Å². The summed E-state index contributed by atoms with van der Waals surface area (Å²) in [6.45, 7) is 2.05. The monoisotopic (exact) mass is 439 g/mol. The number of aliphatic hydroxyl groups excluding tert-OH is 1. The minimum Gasteiger partial charge on any atom is -0.369 e. The summed E-state index contributed by atoms with van der Waals surface area (Å²) in [6, 6.07) is 25.5. The number of aliphatic imine (C=N–C) groups is 1. The minimum absolute atomic E-state index is 0.152. The number of carbonyl (C=O) groups is 1. The zero-order valence-corrected chi connectivity index (χ0v) is 18.1. The normalized spacial score (nSPS) is 19.5. The number of anilines is 1. The van der Waals surface area contributed by atoms with Crippen LogP contribution in [0.2, 0.25) is 0 Å². The molecule has 6 rings (SSSR count). The second kappa shape index (κ2) is 7.65. The van der Waals surface area contributed by atoms with Crippen molar-refractivity contribution in [3.05, 3.63) is 95.6 Å². The molecule has 0 fully saturated rings. The van der Waals surface area contributed by atoms with Crippen LogP contribution in [-0.4, -0.2) is 40.4 Å². The zero-order valence-electron chi connectivity index (χ0n) is 17.3. The second-order valence-corrected chi connectivity index (χ2v) is 9.06. The quantitative estimate of drug-likeness (QED) is 0.661. The van der Waals surface area contributed by atoms with Crippen LogP contribution in [0.5, 0.6) is 0 Å². The second-order valence-electron chi connectivity index (χ2n) is 8.05. The molecule has 1 atom stereocenters. The third kappa shape index (κ3) is 3.06. The average Bonchev–Trinajstić information content (AvgIpc) is 3.49. The van der Waals surface area contributed by atoms with E-state index in [0.29, 0.717) is 17.7 Å². The molecule has 32 heavy (non-hydrogen) atoms. The van der Waals surface area contributed by atoms with Crippen molar-refractivity contribution in [3.8, 4) is 0 Å². The number of benzene rings is 3. The summed E-state index contributed by atoms with van der Waals surface area (Å²) in [5.41, 5.74) is 5.04. The van der Waals surface area contributed by atoms with Crippen LogP contribution in [0.25, 0.3) is 11.1 Å². The molecule has 0 bridgehead atoms. The van der Waals surface area contributed by atoms with Crippen LogP contribution in [-0.2, 0) is 11.3 Å². The fourth-order valence-corrected chi connectivity index (χ4v) is 5.66. The van der Waals surface area contributed by atoms with Crippen molar-refractivity contribution in [2.75, 3.05) is 18.0 Å². The van der Waals surface area contributed by atoms with Gasteiger partial charge in [-0.1, -0.05) is 66.7 Å². The number of nitrogens with zero attached hydrogens (tertiary/aromatic N) is 3. The summed E-state index contributed by atoms with van der Waals surface area (Å²) in [6.07, 6.45) is -1.01. The number of thioether (sulfide) groups is 1. The molecule has 1 unspecified atom stereocenters. The zero-order chi connectivity index (χ0) is 21.7. The highest BCUT2D eigenvalue weighted by Gasteiger charge is 2.39. The van der Waals surface area contributed by atoms with E-state index in [-0.39, 0.29) is 5.91 Å². The van der Waals surface area contributed by atoms with Gasteiger partial charge in [0.15, 0.2) is 11.4 Å². The van der Waals surface area contributed by atoms with Gasteiger partial charge in [0.2, 0.25) is 0 Å². The number of fused-ring (bicyclic) bond motifs is 3. The maximum atomic E-state index is 13.6. The van der Waals surface area contributed by atoms with Gasteiger partial charge >= 0.3 is 0 Å². The highest BCUT2D eigenvalue weighted by molar-refractivity contribution is 8.14.